The van der Waals surface area contributed by atoms with E-state index in [1.54, 1.807) is 0 Å². The van der Waals surface area contributed by atoms with Crippen molar-refractivity contribution in [1.82, 2.24) is 0 Å². The minimum absolute atomic E-state index is 0.111. The Morgan fingerprint density at radius 2 is 1.94 bits per heavy atom. The Bertz CT molecular complexity index is 221. The van der Waals surface area contributed by atoms with Crippen LogP contribution >= 0.6 is 0 Å². The van der Waals surface area contributed by atoms with Gasteiger partial charge in [-0.3, -0.25) is 0 Å². The molecule has 94 valence electrons. The lowest BCUT2D eigenvalue weighted by molar-refractivity contribution is -0.196. The van der Waals surface area contributed by atoms with Crippen molar-refractivity contribution in [3.8, 4) is 0 Å². The zero-order chi connectivity index (χ0) is 11.6. The van der Waals surface area contributed by atoms with Gasteiger partial charge in [0.25, 0.3) is 0 Å². The number of aliphatic hydroxyl groups excluding tert-OH is 1. The third-order valence-electron chi connectivity index (χ3n) is 3.63. The molecule has 0 aromatic rings. The van der Waals surface area contributed by atoms with Crippen LogP contribution < -0.4 is 0 Å². The molecule has 1 saturated heterocycles. The van der Waals surface area contributed by atoms with Gasteiger partial charge in [-0.15, -0.1) is 0 Å². The Kier molecular flexibility index (Phi) is 3.88. The fourth-order valence-corrected chi connectivity index (χ4v) is 2.75. The van der Waals surface area contributed by atoms with Crippen molar-refractivity contribution in [2.45, 2.75) is 70.4 Å². The summed E-state index contributed by atoms with van der Waals surface area (Å²) in [5, 5.41) is 10.0. The second kappa shape index (κ2) is 5.03. The van der Waals surface area contributed by atoms with Gasteiger partial charge >= 0.3 is 0 Å². The average Bonchev–Trinajstić information content (AvgIpc) is 2.62. The molecule has 0 aromatic heterocycles. The summed E-state index contributed by atoms with van der Waals surface area (Å²) in [6.45, 7) is 4.80. The van der Waals surface area contributed by atoms with Gasteiger partial charge < -0.3 is 14.6 Å². The van der Waals surface area contributed by atoms with Gasteiger partial charge in [-0.2, -0.15) is 0 Å². The zero-order valence-corrected chi connectivity index (χ0v) is 10.4. The first-order valence-corrected chi connectivity index (χ1v) is 6.61. The molecule has 1 aliphatic carbocycles. The van der Waals surface area contributed by atoms with E-state index in [0.29, 0.717) is 12.5 Å². The van der Waals surface area contributed by atoms with Gasteiger partial charge in [-0.25, -0.2) is 0 Å². The average molecular weight is 228 g/mol. The Labute approximate surface area is 98.1 Å². The van der Waals surface area contributed by atoms with E-state index in [2.05, 4.69) is 13.8 Å². The fourth-order valence-electron chi connectivity index (χ4n) is 2.75. The molecule has 1 aliphatic heterocycles. The number of hydrogen-bond donors (Lipinski definition) is 1. The highest BCUT2D eigenvalue weighted by Crippen LogP contribution is 2.38. The van der Waals surface area contributed by atoms with Crippen LogP contribution in [0.1, 0.15) is 52.4 Å². The molecule has 0 bridgehead atoms. The van der Waals surface area contributed by atoms with Gasteiger partial charge in [-0.1, -0.05) is 20.3 Å². The summed E-state index contributed by atoms with van der Waals surface area (Å²) in [6, 6.07) is 0. The summed E-state index contributed by atoms with van der Waals surface area (Å²) < 4.78 is 11.8. The standard InChI is InChI=1S/C13H24O3/c1-10(2)8-11(14)12-9-15-13(16-12)6-4-3-5-7-13/h10-12,14H,3-9H2,1-2H3/t11-,12+/m0/s1. The molecule has 16 heavy (non-hydrogen) atoms. The highest BCUT2D eigenvalue weighted by molar-refractivity contribution is 4.85. The molecule has 2 atom stereocenters. The second-order valence-corrected chi connectivity index (χ2v) is 5.64. The molecule has 0 aromatic carbocycles. The van der Waals surface area contributed by atoms with Crippen molar-refractivity contribution in [3.63, 3.8) is 0 Å². The van der Waals surface area contributed by atoms with Gasteiger partial charge in [0.15, 0.2) is 5.79 Å². The van der Waals surface area contributed by atoms with Crippen LogP contribution in [0.4, 0.5) is 0 Å². The number of hydrogen-bond acceptors (Lipinski definition) is 3. The minimum Gasteiger partial charge on any atom is -0.390 e. The van der Waals surface area contributed by atoms with E-state index in [-0.39, 0.29) is 18.0 Å². The lowest BCUT2D eigenvalue weighted by Gasteiger charge is -2.32. The summed E-state index contributed by atoms with van der Waals surface area (Å²) in [4.78, 5) is 0. The molecule has 2 rings (SSSR count). The Hall–Kier alpha value is -0.120. The molecule has 1 spiro atoms. The number of ether oxygens (including phenoxy) is 2. The SMILES string of the molecule is CC(C)C[C@H](O)[C@H]1COC2(CCCCC2)O1. The predicted molar refractivity (Wildman–Crippen MR) is 62.1 cm³/mol. The molecule has 0 unspecified atom stereocenters. The van der Waals surface area contributed by atoms with Crippen molar-refractivity contribution in [2.75, 3.05) is 6.61 Å². The maximum atomic E-state index is 10.0. The van der Waals surface area contributed by atoms with Gasteiger partial charge in [0.05, 0.1) is 12.7 Å². The van der Waals surface area contributed by atoms with Gasteiger partial charge in [0.2, 0.25) is 0 Å². The Balaban J connectivity index is 1.86. The molecule has 1 heterocycles. The smallest absolute Gasteiger partial charge is 0.169 e. The maximum Gasteiger partial charge on any atom is 0.169 e. The molecule has 2 fully saturated rings. The summed E-state index contributed by atoms with van der Waals surface area (Å²) in [7, 11) is 0. The second-order valence-electron chi connectivity index (χ2n) is 5.64. The van der Waals surface area contributed by atoms with E-state index in [1.165, 1.54) is 19.3 Å². The van der Waals surface area contributed by atoms with E-state index in [9.17, 15) is 5.11 Å². The number of aliphatic hydroxyl groups is 1. The summed E-state index contributed by atoms with van der Waals surface area (Å²) in [5.74, 6) is 0.155. The normalized spacial score (nSPS) is 31.1. The first-order chi connectivity index (χ1) is 7.61. The van der Waals surface area contributed by atoms with Crippen molar-refractivity contribution < 1.29 is 14.6 Å². The van der Waals surface area contributed by atoms with E-state index in [1.807, 2.05) is 0 Å². The Morgan fingerprint density at radius 1 is 1.25 bits per heavy atom. The highest BCUT2D eigenvalue weighted by Gasteiger charge is 2.44. The topological polar surface area (TPSA) is 38.7 Å². The van der Waals surface area contributed by atoms with Crippen LogP contribution in [0, 0.1) is 5.92 Å². The summed E-state index contributed by atoms with van der Waals surface area (Å²) in [6.07, 6.45) is 5.97. The van der Waals surface area contributed by atoms with Gasteiger partial charge in [0.1, 0.15) is 6.10 Å². The minimum atomic E-state index is -0.374. The van der Waals surface area contributed by atoms with Crippen molar-refractivity contribution >= 4 is 0 Å². The Morgan fingerprint density at radius 3 is 2.56 bits per heavy atom. The molecule has 2 aliphatic rings. The summed E-state index contributed by atoms with van der Waals surface area (Å²) >= 11 is 0. The van der Waals surface area contributed by atoms with Crippen molar-refractivity contribution in [1.29, 1.82) is 0 Å². The van der Waals surface area contributed by atoms with Crippen LogP contribution in [0.15, 0.2) is 0 Å². The van der Waals surface area contributed by atoms with Crippen LogP contribution in [0.2, 0.25) is 0 Å². The predicted octanol–water partition coefficient (Wildman–Crippen LogP) is 2.47. The molecule has 0 radical (unpaired) electrons. The third kappa shape index (κ3) is 2.76. The summed E-state index contributed by atoms with van der Waals surface area (Å²) in [5.41, 5.74) is 0. The molecular weight excluding hydrogens is 204 g/mol. The molecule has 3 nitrogen and oxygen atoms in total. The molecular formula is C13H24O3. The largest absolute Gasteiger partial charge is 0.390 e. The van der Waals surface area contributed by atoms with Crippen LogP contribution in [0.25, 0.3) is 0 Å². The van der Waals surface area contributed by atoms with E-state index in [4.69, 9.17) is 9.47 Å². The van der Waals surface area contributed by atoms with Crippen molar-refractivity contribution in [3.05, 3.63) is 0 Å². The fraction of sp³-hybridized carbons (Fsp3) is 1.00. The first-order valence-electron chi connectivity index (χ1n) is 6.61. The number of rotatable bonds is 3. The van der Waals surface area contributed by atoms with E-state index >= 15 is 0 Å². The van der Waals surface area contributed by atoms with E-state index < -0.39 is 0 Å². The molecule has 3 heteroatoms. The lowest BCUT2D eigenvalue weighted by atomic mass is 9.94. The maximum absolute atomic E-state index is 10.0. The van der Waals surface area contributed by atoms with Crippen molar-refractivity contribution in [2.24, 2.45) is 5.92 Å². The third-order valence-corrected chi connectivity index (χ3v) is 3.63. The van der Waals surface area contributed by atoms with Crippen LogP contribution in [0.5, 0.6) is 0 Å². The monoisotopic (exact) mass is 228 g/mol. The highest BCUT2D eigenvalue weighted by atomic mass is 16.7. The quantitative estimate of drug-likeness (QED) is 0.806. The van der Waals surface area contributed by atoms with Crippen LogP contribution in [-0.2, 0) is 9.47 Å². The van der Waals surface area contributed by atoms with Crippen LogP contribution in [-0.4, -0.2) is 29.7 Å². The van der Waals surface area contributed by atoms with Gasteiger partial charge in [0, 0.05) is 12.8 Å². The molecule has 1 N–H and O–H groups in total. The molecule has 0 amide bonds. The van der Waals surface area contributed by atoms with Crippen LogP contribution in [0.3, 0.4) is 0 Å². The lowest BCUT2D eigenvalue weighted by Crippen LogP contribution is -2.36. The first kappa shape index (κ1) is 12.3. The van der Waals surface area contributed by atoms with E-state index in [0.717, 1.165) is 19.3 Å². The zero-order valence-electron chi connectivity index (χ0n) is 10.4. The molecule has 1 saturated carbocycles. The van der Waals surface area contributed by atoms with Gasteiger partial charge in [-0.05, 0) is 25.2 Å².